The maximum Gasteiger partial charge on any atom is 0.238 e. The molecule has 2 rings (SSSR count). The van der Waals surface area contributed by atoms with Gasteiger partial charge in [-0.05, 0) is 31.2 Å². The van der Waals surface area contributed by atoms with E-state index >= 15 is 0 Å². The van der Waals surface area contributed by atoms with Gasteiger partial charge in [0.2, 0.25) is 11.8 Å². The number of nitrogens with one attached hydrogen (secondary N) is 1. The Labute approximate surface area is 115 Å². The van der Waals surface area contributed by atoms with Crippen LogP contribution in [0.3, 0.4) is 0 Å². The third-order valence-corrected chi connectivity index (χ3v) is 3.31. The summed E-state index contributed by atoms with van der Waals surface area (Å²) in [5.41, 5.74) is 11.2. The van der Waals surface area contributed by atoms with Crippen LogP contribution >= 0.6 is 0 Å². The number of halogens is 1. The zero-order valence-corrected chi connectivity index (χ0v) is 10.9. The van der Waals surface area contributed by atoms with Crippen molar-refractivity contribution >= 4 is 23.2 Å². The molecule has 0 radical (unpaired) electrons. The van der Waals surface area contributed by atoms with E-state index in [0.29, 0.717) is 25.2 Å². The molecule has 0 aromatic heterocycles. The van der Waals surface area contributed by atoms with Crippen molar-refractivity contribution in [3.63, 3.8) is 0 Å². The molecule has 2 amide bonds. The largest absolute Gasteiger partial charge is 0.399 e. The summed E-state index contributed by atoms with van der Waals surface area (Å²) < 4.78 is 13.5. The van der Waals surface area contributed by atoms with Crippen molar-refractivity contribution in [2.75, 3.05) is 30.7 Å². The predicted molar refractivity (Wildman–Crippen MR) is 73.2 cm³/mol. The number of hydrogen-bond acceptors (Lipinski definition) is 4. The predicted octanol–water partition coefficient (Wildman–Crippen LogP) is 0.154. The molecule has 0 bridgehead atoms. The van der Waals surface area contributed by atoms with Crippen molar-refractivity contribution in [1.82, 2.24) is 4.90 Å². The van der Waals surface area contributed by atoms with Crippen LogP contribution in [0.25, 0.3) is 0 Å². The number of amides is 2. The lowest BCUT2D eigenvalue weighted by molar-refractivity contribution is -0.122. The van der Waals surface area contributed by atoms with Gasteiger partial charge in [-0.25, -0.2) is 4.39 Å². The van der Waals surface area contributed by atoms with Crippen molar-refractivity contribution in [1.29, 1.82) is 0 Å². The molecule has 1 saturated heterocycles. The maximum atomic E-state index is 13.5. The van der Waals surface area contributed by atoms with Crippen molar-refractivity contribution in [2.45, 2.75) is 6.42 Å². The zero-order chi connectivity index (χ0) is 14.7. The summed E-state index contributed by atoms with van der Waals surface area (Å²) in [6.07, 6.45) is 0.648. The molecule has 0 saturated carbocycles. The van der Waals surface area contributed by atoms with E-state index in [1.54, 1.807) is 0 Å². The number of primary amides is 1. The molecule has 1 heterocycles. The lowest BCUT2D eigenvalue weighted by Gasteiger charge is -2.15. The van der Waals surface area contributed by atoms with Gasteiger partial charge in [0.15, 0.2) is 0 Å². The smallest absolute Gasteiger partial charge is 0.238 e. The van der Waals surface area contributed by atoms with Crippen LogP contribution in [-0.4, -0.2) is 36.3 Å². The van der Waals surface area contributed by atoms with Crippen LogP contribution in [0, 0.1) is 11.7 Å². The van der Waals surface area contributed by atoms with E-state index in [2.05, 4.69) is 5.32 Å². The summed E-state index contributed by atoms with van der Waals surface area (Å²) in [6, 6.07) is 3.98. The highest BCUT2D eigenvalue weighted by Gasteiger charge is 2.27. The van der Waals surface area contributed by atoms with E-state index in [1.165, 1.54) is 18.2 Å². The van der Waals surface area contributed by atoms with Gasteiger partial charge < -0.3 is 16.8 Å². The van der Waals surface area contributed by atoms with Gasteiger partial charge in [-0.1, -0.05) is 0 Å². The molecule has 1 aromatic carbocycles. The number of carbonyl (C=O) groups is 2. The van der Waals surface area contributed by atoms with E-state index < -0.39 is 5.82 Å². The highest BCUT2D eigenvalue weighted by molar-refractivity contribution is 5.92. The lowest BCUT2D eigenvalue weighted by atomic mass is 10.1. The van der Waals surface area contributed by atoms with Gasteiger partial charge in [0, 0.05) is 12.2 Å². The number of hydrogen-bond donors (Lipinski definition) is 3. The van der Waals surface area contributed by atoms with Gasteiger partial charge in [-0.3, -0.25) is 14.5 Å². The molecule has 1 fully saturated rings. The second-order valence-corrected chi connectivity index (χ2v) is 4.91. The summed E-state index contributed by atoms with van der Waals surface area (Å²) in [5.74, 6) is -1.45. The molecule has 1 aliphatic rings. The molecule has 0 aliphatic carbocycles. The van der Waals surface area contributed by atoms with Crippen LogP contribution in [0.1, 0.15) is 6.42 Å². The number of carbonyl (C=O) groups excluding carboxylic acids is 2. The normalized spacial score (nSPS) is 18.9. The zero-order valence-electron chi connectivity index (χ0n) is 10.9. The topological polar surface area (TPSA) is 101 Å². The van der Waals surface area contributed by atoms with E-state index in [9.17, 15) is 14.0 Å². The molecule has 0 spiro atoms. The summed E-state index contributed by atoms with van der Waals surface area (Å²) in [6.45, 7) is 1.18. The van der Waals surface area contributed by atoms with Crippen molar-refractivity contribution in [2.24, 2.45) is 11.7 Å². The Bertz CT molecular complexity index is 535. The van der Waals surface area contributed by atoms with E-state index in [-0.39, 0.29) is 30.0 Å². The number of rotatable bonds is 4. The summed E-state index contributed by atoms with van der Waals surface area (Å²) in [5, 5.41) is 2.47. The molecule has 7 heteroatoms. The Kier molecular flexibility index (Phi) is 4.19. The van der Waals surface area contributed by atoms with Gasteiger partial charge in [0.25, 0.3) is 0 Å². The molecule has 6 nitrogen and oxygen atoms in total. The van der Waals surface area contributed by atoms with Crippen LogP contribution in [0.2, 0.25) is 0 Å². The molecule has 5 N–H and O–H groups in total. The van der Waals surface area contributed by atoms with Crippen LogP contribution in [0.15, 0.2) is 18.2 Å². The van der Waals surface area contributed by atoms with E-state index in [0.717, 1.165) is 0 Å². The molecule has 108 valence electrons. The SMILES string of the molecule is NC(=O)C1CCN(CC(=O)Nc2cc(N)ccc2F)C1. The molecule has 1 atom stereocenters. The Hall–Kier alpha value is -2.15. The first kappa shape index (κ1) is 14.3. The highest BCUT2D eigenvalue weighted by atomic mass is 19.1. The Morgan fingerprint density at radius 3 is 2.85 bits per heavy atom. The Balaban J connectivity index is 1.90. The summed E-state index contributed by atoms with van der Waals surface area (Å²) in [7, 11) is 0. The summed E-state index contributed by atoms with van der Waals surface area (Å²) in [4.78, 5) is 24.7. The fraction of sp³-hybridized carbons (Fsp3) is 0.385. The van der Waals surface area contributed by atoms with Crippen LogP contribution in [0.5, 0.6) is 0 Å². The van der Waals surface area contributed by atoms with Crippen molar-refractivity contribution in [3.05, 3.63) is 24.0 Å². The maximum absolute atomic E-state index is 13.5. The van der Waals surface area contributed by atoms with Gasteiger partial charge >= 0.3 is 0 Å². The monoisotopic (exact) mass is 280 g/mol. The van der Waals surface area contributed by atoms with E-state index in [4.69, 9.17) is 11.5 Å². The van der Waals surface area contributed by atoms with Crippen molar-refractivity contribution < 1.29 is 14.0 Å². The average Bonchev–Trinajstić information content (AvgIpc) is 2.82. The molecule has 20 heavy (non-hydrogen) atoms. The quantitative estimate of drug-likeness (QED) is 0.683. The first-order valence-corrected chi connectivity index (χ1v) is 6.32. The average molecular weight is 280 g/mol. The standard InChI is InChI=1S/C13H17FN4O2/c14-10-2-1-9(15)5-11(10)17-12(19)7-18-4-3-8(6-18)13(16)20/h1-2,5,8H,3-4,6-7,15H2,(H2,16,20)(H,17,19). The second-order valence-electron chi connectivity index (χ2n) is 4.91. The third kappa shape index (κ3) is 3.45. The number of nitrogens with zero attached hydrogens (tertiary/aromatic N) is 1. The van der Waals surface area contributed by atoms with Gasteiger partial charge in [0.1, 0.15) is 5.82 Å². The number of anilines is 2. The minimum absolute atomic E-state index is 0.0562. The molecular weight excluding hydrogens is 263 g/mol. The van der Waals surface area contributed by atoms with E-state index in [1.807, 2.05) is 4.90 Å². The number of benzene rings is 1. The molecule has 1 aliphatic heterocycles. The first-order chi connectivity index (χ1) is 9.45. The lowest BCUT2D eigenvalue weighted by Crippen LogP contribution is -2.33. The first-order valence-electron chi connectivity index (χ1n) is 6.32. The molecule has 1 unspecified atom stereocenters. The van der Waals surface area contributed by atoms with Gasteiger partial charge in [-0.15, -0.1) is 0 Å². The Morgan fingerprint density at radius 1 is 1.45 bits per heavy atom. The third-order valence-electron chi connectivity index (χ3n) is 3.31. The minimum atomic E-state index is -0.538. The van der Waals surface area contributed by atoms with Gasteiger partial charge in [-0.2, -0.15) is 0 Å². The highest BCUT2D eigenvalue weighted by Crippen LogP contribution is 2.18. The van der Waals surface area contributed by atoms with Crippen LogP contribution in [0.4, 0.5) is 15.8 Å². The number of nitrogen functional groups attached to an aromatic ring is 1. The summed E-state index contributed by atoms with van der Waals surface area (Å²) >= 11 is 0. The molecular formula is C13H17FN4O2. The van der Waals surface area contributed by atoms with Gasteiger partial charge in [0.05, 0.1) is 18.2 Å². The Morgan fingerprint density at radius 2 is 2.20 bits per heavy atom. The fourth-order valence-electron chi connectivity index (χ4n) is 2.24. The molecule has 1 aromatic rings. The van der Waals surface area contributed by atoms with Crippen LogP contribution in [-0.2, 0) is 9.59 Å². The second kappa shape index (κ2) is 5.87. The van der Waals surface area contributed by atoms with Crippen LogP contribution < -0.4 is 16.8 Å². The number of nitrogens with two attached hydrogens (primary N) is 2. The number of likely N-dealkylation sites (tertiary alicyclic amines) is 1. The van der Waals surface area contributed by atoms with Crippen molar-refractivity contribution in [3.8, 4) is 0 Å². The minimum Gasteiger partial charge on any atom is -0.399 e. The fourth-order valence-corrected chi connectivity index (χ4v) is 2.24.